The van der Waals surface area contributed by atoms with E-state index >= 15 is 0 Å². The molecule has 0 heterocycles. The number of ether oxygens (including phenoxy) is 2. The van der Waals surface area contributed by atoms with Crippen LogP contribution in [0.25, 0.3) is 11.1 Å². The van der Waals surface area contributed by atoms with Gasteiger partial charge in [-0.3, -0.25) is 0 Å². The van der Waals surface area contributed by atoms with Gasteiger partial charge in [-0.25, -0.2) is 9.59 Å². The van der Waals surface area contributed by atoms with E-state index in [1.165, 1.54) is 0 Å². The maximum Gasteiger partial charge on any atom is 0.327 e. The van der Waals surface area contributed by atoms with Crippen LogP contribution >= 0.6 is 0 Å². The van der Waals surface area contributed by atoms with E-state index in [4.69, 9.17) is 19.7 Å². The summed E-state index contributed by atoms with van der Waals surface area (Å²) in [6.45, 7) is 11.2. The zero-order valence-electron chi connectivity index (χ0n) is 16.1. The highest BCUT2D eigenvalue weighted by molar-refractivity contribution is 5.79. The van der Waals surface area contributed by atoms with Crippen molar-refractivity contribution in [3.8, 4) is 22.6 Å². The number of carboxylic acid groups (broad SMARTS) is 2. The fourth-order valence-corrected chi connectivity index (χ4v) is 1.94. The molecule has 28 heavy (non-hydrogen) atoms. The topological polar surface area (TPSA) is 93.1 Å². The summed E-state index contributed by atoms with van der Waals surface area (Å²) in [6, 6.07) is 16.1. The van der Waals surface area contributed by atoms with Crippen molar-refractivity contribution in [2.75, 3.05) is 13.2 Å². The summed E-state index contributed by atoms with van der Waals surface area (Å²) >= 11 is 0. The van der Waals surface area contributed by atoms with Crippen molar-refractivity contribution < 1.29 is 29.3 Å². The van der Waals surface area contributed by atoms with E-state index in [1.807, 2.05) is 50.2 Å². The van der Waals surface area contributed by atoms with Gasteiger partial charge in [-0.2, -0.15) is 0 Å². The molecule has 0 aliphatic rings. The van der Waals surface area contributed by atoms with E-state index < -0.39 is 11.9 Å². The minimum Gasteiger partial charge on any atom is -0.493 e. The smallest absolute Gasteiger partial charge is 0.327 e. The molecule has 0 unspecified atom stereocenters. The number of carbonyl (C=O) groups is 2. The van der Waals surface area contributed by atoms with Gasteiger partial charge in [0.05, 0.1) is 13.2 Å². The Hall–Kier alpha value is -3.54. The van der Waals surface area contributed by atoms with Crippen LogP contribution in [-0.4, -0.2) is 35.4 Å². The highest BCUT2D eigenvalue weighted by atomic mass is 16.5. The molecule has 0 aromatic heterocycles. The Morgan fingerprint density at radius 3 is 1.32 bits per heavy atom. The van der Waals surface area contributed by atoms with Crippen molar-refractivity contribution in [2.24, 2.45) is 0 Å². The Labute approximate surface area is 165 Å². The summed E-state index contributed by atoms with van der Waals surface area (Å²) < 4.78 is 11.3. The summed E-state index contributed by atoms with van der Waals surface area (Å²) in [4.78, 5) is 18.5. The molecular formula is C22H26O6. The van der Waals surface area contributed by atoms with Gasteiger partial charge in [0, 0.05) is 23.3 Å². The lowest BCUT2D eigenvalue weighted by molar-refractivity contribution is -0.132. The molecule has 0 fully saturated rings. The standard InChI is InChI=1S/C16H18O2.2C3H4O2/c1-3-17-15-11-7-5-9-13(15)14-10-6-8-12-16(14)18-4-2;2*1-2-3(4)5/h5-12H,3-4H2,1-2H3;2*2H,1H2,(H,4,5). The zero-order chi connectivity index (χ0) is 21.4. The lowest BCUT2D eigenvalue weighted by Crippen LogP contribution is -1.97. The van der Waals surface area contributed by atoms with Crippen LogP contribution in [-0.2, 0) is 9.59 Å². The van der Waals surface area contributed by atoms with Gasteiger partial charge in [0.1, 0.15) is 11.5 Å². The quantitative estimate of drug-likeness (QED) is 0.672. The lowest BCUT2D eigenvalue weighted by atomic mass is 10.0. The summed E-state index contributed by atoms with van der Waals surface area (Å²) in [5, 5.41) is 15.2. The normalized spacial score (nSPS) is 8.79. The van der Waals surface area contributed by atoms with E-state index in [-0.39, 0.29) is 0 Å². The van der Waals surface area contributed by atoms with Crippen molar-refractivity contribution in [1.82, 2.24) is 0 Å². The molecule has 2 aromatic carbocycles. The zero-order valence-corrected chi connectivity index (χ0v) is 16.1. The average molecular weight is 386 g/mol. The van der Waals surface area contributed by atoms with Gasteiger partial charge in [0.15, 0.2) is 0 Å². The molecule has 0 radical (unpaired) electrons. The predicted octanol–water partition coefficient (Wildman–Crippen LogP) is 4.67. The van der Waals surface area contributed by atoms with E-state index in [0.717, 1.165) is 34.8 Å². The van der Waals surface area contributed by atoms with Crippen LogP contribution in [0.15, 0.2) is 73.8 Å². The molecule has 2 aromatic rings. The number of para-hydroxylation sites is 2. The third kappa shape index (κ3) is 9.82. The van der Waals surface area contributed by atoms with Gasteiger partial charge in [-0.1, -0.05) is 49.6 Å². The molecular weight excluding hydrogens is 360 g/mol. The van der Waals surface area contributed by atoms with Gasteiger partial charge in [-0.05, 0) is 26.0 Å². The van der Waals surface area contributed by atoms with Crippen LogP contribution in [0.1, 0.15) is 13.8 Å². The second-order valence-corrected chi connectivity index (χ2v) is 4.94. The fourth-order valence-electron chi connectivity index (χ4n) is 1.94. The third-order valence-corrected chi connectivity index (χ3v) is 3.01. The molecule has 2 rings (SSSR count). The number of benzene rings is 2. The van der Waals surface area contributed by atoms with Crippen LogP contribution in [0.4, 0.5) is 0 Å². The molecule has 2 N–H and O–H groups in total. The molecule has 0 saturated heterocycles. The minimum absolute atomic E-state index is 0.661. The van der Waals surface area contributed by atoms with Crippen molar-refractivity contribution in [2.45, 2.75) is 13.8 Å². The monoisotopic (exact) mass is 386 g/mol. The fraction of sp³-hybridized carbons (Fsp3) is 0.182. The molecule has 150 valence electrons. The van der Waals surface area contributed by atoms with Gasteiger partial charge in [-0.15, -0.1) is 0 Å². The second kappa shape index (κ2) is 14.6. The van der Waals surface area contributed by atoms with Crippen molar-refractivity contribution in [3.05, 3.63) is 73.8 Å². The molecule has 0 atom stereocenters. The Bertz CT molecular complexity index is 702. The average Bonchev–Trinajstić information content (AvgIpc) is 2.70. The predicted molar refractivity (Wildman–Crippen MR) is 110 cm³/mol. The highest BCUT2D eigenvalue weighted by Crippen LogP contribution is 2.36. The Kier molecular flexibility index (Phi) is 12.8. The van der Waals surface area contributed by atoms with Gasteiger partial charge in [0.25, 0.3) is 0 Å². The lowest BCUT2D eigenvalue weighted by Gasteiger charge is -2.13. The first-order valence-electron chi connectivity index (χ1n) is 8.55. The van der Waals surface area contributed by atoms with Gasteiger partial charge >= 0.3 is 11.9 Å². The third-order valence-electron chi connectivity index (χ3n) is 3.01. The van der Waals surface area contributed by atoms with Gasteiger partial charge < -0.3 is 19.7 Å². The number of hydrogen-bond donors (Lipinski definition) is 2. The second-order valence-electron chi connectivity index (χ2n) is 4.94. The molecule has 0 saturated carbocycles. The van der Waals surface area contributed by atoms with E-state index in [9.17, 15) is 9.59 Å². The van der Waals surface area contributed by atoms with E-state index in [2.05, 4.69) is 25.3 Å². The molecule has 0 bridgehead atoms. The van der Waals surface area contributed by atoms with Crippen LogP contribution in [0, 0.1) is 0 Å². The number of aliphatic carboxylic acids is 2. The van der Waals surface area contributed by atoms with Crippen molar-refractivity contribution in [1.29, 1.82) is 0 Å². The summed E-state index contributed by atoms with van der Waals surface area (Å²) in [7, 11) is 0. The maximum absolute atomic E-state index is 9.25. The van der Waals surface area contributed by atoms with Crippen LogP contribution in [0.3, 0.4) is 0 Å². The van der Waals surface area contributed by atoms with Crippen molar-refractivity contribution in [3.63, 3.8) is 0 Å². The van der Waals surface area contributed by atoms with Crippen LogP contribution in [0.5, 0.6) is 11.5 Å². The largest absolute Gasteiger partial charge is 0.493 e. The maximum atomic E-state index is 9.25. The Morgan fingerprint density at radius 1 is 0.786 bits per heavy atom. The summed E-state index contributed by atoms with van der Waals surface area (Å²) in [6.07, 6.45) is 1.67. The number of rotatable bonds is 7. The number of hydrogen-bond acceptors (Lipinski definition) is 4. The van der Waals surface area contributed by atoms with Crippen LogP contribution in [0.2, 0.25) is 0 Å². The Morgan fingerprint density at radius 2 is 1.07 bits per heavy atom. The molecule has 0 aliphatic carbocycles. The first-order chi connectivity index (χ1) is 13.4. The molecule has 0 amide bonds. The first-order valence-corrected chi connectivity index (χ1v) is 8.55. The summed E-state index contributed by atoms with van der Waals surface area (Å²) in [5.74, 6) is -0.172. The molecule has 6 nitrogen and oxygen atoms in total. The molecule has 0 aliphatic heterocycles. The SMILES string of the molecule is C=CC(=O)O.C=CC(=O)O.CCOc1ccccc1-c1ccccc1OCC. The minimum atomic E-state index is -0.981. The number of carboxylic acids is 2. The molecule has 0 spiro atoms. The Balaban J connectivity index is 0.000000607. The van der Waals surface area contributed by atoms with Crippen molar-refractivity contribution >= 4 is 11.9 Å². The summed E-state index contributed by atoms with van der Waals surface area (Å²) in [5.41, 5.74) is 2.15. The first kappa shape index (κ1) is 24.5. The van der Waals surface area contributed by atoms with Crippen LogP contribution < -0.4 is 9.47 Å². The van der Waals surface area contributed by atoms with E-state index in [1.54, 1.807) is 0 Å². The van der Waals surface area contributed by atoms with E-state index in [0.29, 0.717) is 13.2 Å². The highest BCUT2D eigenvalue weighted by Gasteiger charge is 2.10. The van der Waals surface area contributed by atoms with Gasteiger partial charge in [0.2, 0.25) is 0 Å². The molecule has 6 heteroatoms.